The summed E-state index contributed by atoms with van der Waals surface area (Å²) in [4.78, 5) is 23.2. The number of nitrogens with two attached hydrogens (primary N) is 1. The predicted octanol–water partition coefficient (Wildman–Crippen LogP) is 2.35. The fourth-order valence-electron chi connectivity index (χ4n) is 3.42. The average molecular weight is 359 g/mol. The number of amides is 1. The minimum atomic E-state index is -0.493. The Morgan fingerprint density at radius 2 is 1.56 bits per heavy atom. The number of aromatic nitrogens is 2. The summed E-state index contributed by atoms with van der Waals surface area (Å²) in [5.41, 5.74) is 6.52. The molecule has 3 N–H and O–H groups in total. The van der Waals surface area contributed by atoms with E-state index in [1.165, 1.54) is 11.1 Å². The molecule has 4 rings (SSSR count). The van der Waals surface area contributed by atoms with Crippen LogP contribution in [-0.4, -0.2) is 29.0 Å². The Kier molecular flexibility index (Phi) is 4.80. The summed E-state index contributed by atoms with van der Waals surface area (Å²) in [6, 6.07) is 20.2. The summed E-state index contributed by atoms with van der Waals surface area (Å²) in [7, 11) is 0. The Morgan fingerprint density at radius 1 is 0.926 bits per heavy atom. The zero-order valence-electron chi connectivity index (χ0n) is 14.9. The zero-order chi connectivity index (χ0) is 18.6. The van der Waals surface area contributed by atoms with Crippen molar-refractivity contribution in [3.63, 3.8) is 0 Å². The van der Waals surface area contributed by atoms with E-state index in [1.807, 2.05) is 36.4 Å². The van der Waals surface area contributed by atoms with Crippen LogP contribution in [-0.2, 0) is 12.8 Å². The third-order valence-electron chi connectivity index (χ3n) is 4.86. The molecule has 0 unspecified atom stereocenters. The smallest absolute Gasteiger partial charge is 0.303 e. The molecule has 2 heterocycles. The topological polar surface area (TPSA) is 84.1 Å². The Bertz CT molecular complexity index is 931. The summed E-state index contributed by atoms with van der Waals surface area (Å²) in [6.07, 6.45) is 1.89. The van der Waals surface area contributed by atoms with Gasteiger partial charge in [-0.05, 0) is 24.0 Å². The lowest BCUT2D eigenvalue weighted by molar-refractivity contribution is 0.0943. The van der Waals surface area contributed by atoms with Crippen LogP contribution in [0.1, 0.15) is 21.7 Å². The van der Waals surface area contributed by atoms with E-state index in [0.717, 1.165) is 37.3 Å². The molecule has 0 radical (unpaired) electrons. The molecule has 1 amide bonds. The second-order valence-corrected chi connectivity index (χ2v) is 6.53. The van der Waals surface area contributed by atoms with Crippen LogP contribution in [0.5, 0.6) is 0 Å². The van der Waals surface area contributed by atoms with E-state index in [1.54, 1.807) is 0 Å². The van der Waals surface area contributed by atoms with Gasteiger partial charge in [-0.1, -0.05) is 54.6 Å². The second-order valence-electron chi connectivity index (χ2n) is 6.53. The van der Waals surface area contributed by atoms with Crippen molar-refractivity contribution in [2.75, 3.05) is 18.0 Å². The highest BCUT2D eigenvalue weighted by Gasteiger charge is 2.19. The van der Waals surface area contributed by atoms with E-state index in [9.17, 15) is 4.79 Å². The van der Waals surface area contributed by atoms with Crippen LogP contribution in [0.3, 0.4) is 0 Å². The molecule has 1 aromatic heterocycles. The standard InChI is InChI=1S/C21H21N5O/c22-25-21(27)20-23-18(17-8-2-1-3-9-17)14-19(24-20)26-12-10-15-6-4-5-7-16(15)11-13-26/h1-9,14H,10-13,22H2,(H,25,27). The van der Waals surface area contributed by atoms with Gasteiger partial charge >= 0.3 is 5.91 Å². The maximum Gasteiger partial charge on any atom is 0.303 e. The Balaban J connectivity index is 1.70. The van der Waals surface area contributed by atoms with Crippen LogP contribution in [0, 0.1) is 0 Å². The number of carbonyl (C=O) groups excluding carboxylic acids is 1. The van der Waals surface area contributed by atoms with Crippen LogP contribution in [0.25, 0.3) is 11.3 Å². The van der Waals surface area contributed by atoms with Gasteiger partial charge in [-0.2, -0.15) is 0 Å². The maximum atomic E-state index is 12.1. The summed E-state index contributed by atoms with van der Waals surface area (Å²) < 4.78 is 0. The molecule has 0 atom stereocenters. The van der Waals surface area contributed by atoms with Crippen molar-refractivity contribution in [1.82, 2.24) is 15.4 Å². The van der Waals surface area contributed by atoms with E-state index < -0.39 is 5.91 Å². The molecule has 2 aromatic carbocycles. The minimum Gasteiger partial charge on any atom is -0.356 e. The molecule has 136 valence electrons. The average Bonchev–Trinajstić information content (AvgIpc) is 2.96. The van der Waals surface area contributed by atoms with Gasteiger partial charge in [0.2, 0.25) is 5.82 Å². The number of nitrogen functional groups attached to an aromatic ring is 1. The number of benzene rings is 2. The van der Waals surface area contributed by atoms with Gasteiger partial charge in [-0.25, -0.2) is 15.8 Å². The van der Waals surface area contributed by atoms with E-state index in [-0.39, 0.29) is 5.82 Å². The molecule has 6 heteroatoms. The third kappa shape index (κ3) is 3.66. The fourth-order valence-corrected chi connectivity index (χ4v) is 3.42. The first kappa shape index (κ1) is 17.2. The summed E-state index contributed by atoms with van der Waals surface area (Å²) in [6.45, 7) is 1.68. The number of anilines is 1. The zero-order valence-corrected chi connectivity index (χ0v) is 14.9. The van der Waals surface area contributed by atoms with Crippen molar-refractivity contribution in [1.29, 1.82) is 0 Å². The second kappa shape index (κ2) is 7.55. The van der Waals surface area contributed by atoms with Gasteiger partial charge in [-0.15, -0.1) is 0 Å². The van der Waals surface area contributed by atoms with Gasteiger partial charge in [0.25, 0.3) is 0 Å². The molecule has 0 saturated carbocycles. The number of hydrogen-bond donors (Lipinski definition) is 2. The monoisotopic (exact) mass is 359 g/mol. The van der Waals surface area contributed by atoms with Crippen LogP contribution in [0.2, 0.25) is 0 Å². The molecule has 1 aliphatic rings. The van der Waals surface area contributed by atoms with Crippen LogP contribution >= 0.6 is 0 Å². The molecular formula is C21H21N5O. The van der Waals surface area contributed by atoms with Crippen molar-refractivity contribution in [2.45, 2.75) is 12.8 Å². The van der Waals surface area contributed by atoms with Gasteiger partial charge in [0.05, 0.1) is 5.69 Å². The molecule has 27 heavy (non-hydrogen) atoms. The Morgan fingerprint density at radius 3 is 2.19 bits per heavy atom. The van der Waals surface area contributed by atoms with Gasteiger partial charge in [0, 0.05) is 24.7 Å². The van der Waals surface area contributed by atoms with E-state index in [2.05, 4.69) is 44.6 Å². The third-order valence-corrected chi connectivity index (χ3v) is 4.86. The fraction of sp³-hybridized carbons (Fsp3) is 0.190. The summed E-state index contributed by atoms with van der Waals surface area (Å²) in [5.74, 6) is 5.64. The Hall–Kier alpha value is -3.25. The van der Waals surface area contributed by atoms with Gasteiger partial charge in [0.15, 0.2) is 0 Å². The summed E-state index contributed by atoms with van der Waals surface area (Å²) >= 11 is 0. The largest absolute Gasteiger partial charge is 0.356 e. The van der Waals surface area contributed by atoms with Crippen molar-refractivity contribution >= 4 is 11.7 Å². The van der Waals surface area contributed by atoms with Crippen molar-refractivity contribution in [2.24, 2.45) is 5.84 Å². The Labute approximate surface area is 158 Å². The lowest BCUT2D eigenvalue weighted by Crippen LogP contribution is -2.33. The SMILES string of the molecule is NNC(=O)c1nc(-c2ccccc2)cc(N2CCc3ccccc3CC2)n1. The lowest BCUT2D eigenvalue weighted by atomic mass is 10.0. The first-order valence-electron chi connectivity index (χ1n) is 9.02. The highest BCUT2D eigenvalue weighted by Crippen LogP contribution is 2.24. The van der Waals surface area contributed by atoms with Gasteiger partial charge < -0.3 is 4.90 Å². The predicted molar refractivity (Wildman–Crippen MR) is 105 cm³/mol. The molecule has 6 nitrogen and oxygen atoms in total. The first-order valence-corrected chi connectivity index (χ1v) is 9.02. The summed E-state index contributed by atoms with van der Waals surface area (Å²) in [5, 5.41) is 0. The highest BCUT2D eigenvalue weighted by atomic mass is 16.2. The van der Waals surface area contributed by atoms with E-state index >= 15 is 0 Å². The number of fused-ring (bicyclic) bond motifs is 1. The number of rotatable bonds is 3. The minimum absolute atomic E-state index is 0.0793. The molecular weight excluding hydrogens is 338 g/mol. The van der Waals surface area contributed by atoms with Crippen molar-refractivity contribution in [3.8, 4) is 11.3 Å². The number of nitrogens with one attached hydrogen (secondary N) is 1. The quantitative estimate of drug-likeness (QED) is 0.426. The molecule has 0 saturated heterocycles. The van der Waals surface area contributed by atoms with Crippen molar-refractivity contribution < 1.29 is 4.79 Å². The van der Waals surface area contributed by atoms with Crippen LogP contribution in [0.15, 0.2) is 60.7 Å². The lowest BCUT2D eigenvalue weighted by Gasteiger charge is -2.22. The van der Waals surface area contributed by atoms with Gasteiger partial charge in [-0.3, -0.25) is 10.2 Å². The number of nitrogens with zero attached hydrogens (tertiary/aromatic N) is 3. The van der Waals surface area contributed by atoms with Crippen LogP contribution in [0.4, 0.5) is 5.82 Å². The van der Waals surface area contributed by atoms with E-state index in [4.69, 9.17) is 5.84 Å². The molecule has 0 fully saturated rings. The highest BCUT2D eigenvalue weighted by molar-refractivity contribution is 5.91. The maximum absolute atomic E-state index is 12.1. The number of carbonyl (C=O) groups is 1. The van der Waals surface area contributed by atoms with E-state index in [0.29, 0.717) is 5.69 Å². The molecule has 3 aromatic rings. The molecule has 0 spiro atoms. The van der Waals surface area contributed by atoms with Gasteiger partial charge in [0.1, 0.15) is 5.82 Å². The van der Waals surface area contributed by atoms with Crippen LogP contribution < -0.4 is 16.2 Å². The number of hydrogen-bond acceptors (Lipinski definition) is 5. The van der Waals surface area contributed by atoms with Crippen molar-refractivity contribution in [3.05, 3.63) is 77.6 Å². The number of hydrazine groups is 1. The molecule has 0 aliphatic carbocycles. The molecule has 1 aliphatic heterocycles. The molecule has 0 bridgehead atoms. The normalized spacial score (nSPS) is 13.6. The first-order chi connectivity index (χ1) is 13.2.